The summed E-state index contributed by atoms with van der Waals surface area (Å²) in [6.07, 6.45) is 1.82. The number of nitrogens with one attached hydrogen (secondary N) is 2. The van der Waals surface area contributed by atoms with Gasteiger partial charge in [-0.05, 0) is 37.1 Å². The van der Waals surface area contributed by atoms with Crippen LogP contribution in [0.15, 0.2) is 24.3 Å². The molecule has 0 bridgehead atoms. The average Bonchev–Trinajstić information content (AvgIpc) is 2.59. The van der Waals surface area contributed by atoms with Crippen LogP contribution in [0.3, 0.4) is 0 Å². The zero-order valence-corrected chi connectivity index (χ0v) is 14.3. The minimum atomic E-state index is -0.391. The first-order chi connectivity index (χ1) is 11.5. The number of rotatable bonds is 9. The Labute approximate surface area is 142 Å². The van der Waals surface area contributed by atoms with E-state index in [1.807, 2.05) is 18.7 Å². The second-order valence-corrected chi connectivity index (χ2v) is 5.40. The number of nitrogens with zero attached hydrogens (tertiary/aromatic N) is 1. The Balaban J connectivity index is 2.62. The van der Waals surface area contributed by atoms with Crippen LogP contribution in [0.1, 0.15) is 37.0 Å². The van der Waals surface area contributed by atoms with Crippen molar-refractivity contribution < 1.29 is 14.4 Å². The number of carbonyl (C=O) groups is 3. The fourth-order valence-corrected chi connectivity index (χ4v) is 2.19. The Morgan fingerprint density at radius 1 is 1.00 bits per heavy atom. The maximum absolute atomic E-state index is 12.4. The molecule has 0 aliphatic carbocycles. The van der Waals surface area contributed by atoms with Crippen molar-refractivity contribution in [3.05, 3.63) is 29.8 Å². The number of nitrogens with two attached hydrogens (primary N) is 1. The Hall–Kier alpha value is -2.41. The summed E-state index contributed by atoms with van der Waals surface area (Å²) in [6.45, 7) is 5.24. The highest BCUT2D eigenvalue weighted by atomic mass is 16.2. The van der Waals surface area contributed by atoms with Gasteiger partial charge < -0.3 is 21.3 Å². The molecule has 7 nitrogen and oxygen atoms in total. The normalized spacial score (nSPS) is 10.1. The van der Waals surface area contributed by atoms with Crippen molar-refractivity contribution in [2.75, 3.05) is 31.5 Å². The van der Waals surface area contributed by atoms with Crippen LogP contribution in [0.5, 0.6) is 0 Å². The Kier molecular flexibility index (Phi) is 8.49. The summed E-state index contributed by atoms with van der Waals surface area (Å²) in [7, 11) is 0. The monoisotopic (exact) mass is 334 g/mol. The number of carbonyl (C=O) groups excluding carboxylic acids is 3. The topological polar surface area (TPSA) is 105 Å². The van der Waals surface area contributed by atoms with Crippen molar-refractivity contribution in [2.45, 2.75) is 26.7 Å². The van der Waals surface area contributed by atoms with Gasteiger partial charge in [-0.1, -0.05) is 13.8 Å². The van der Waals surface area contributed by atoms with Crippen LogP contribution < -0.4 is 16.4 Å². The summed E-state index contributed by atoms with van der Waals surface area (Å²) >= 11 is 0. The number of amides is 3. The molecule has 0 atom stereocenters. The zero-order chi connectivity index (χ0) is 17.9. The highest BCUT2D eigenvalue weighted by Crippen LogP contribution is 2.12. The molecular weight excluding hydrogens is 308 g/mol. The van der Waals surface area contributed by atoms with Crippen LogP contribution >= 0.6 is 0 Å². The molecule has 0 aliphatic heterocycles. The highest BCUT2D eigenvalue weighted by Gasteiger charge is 2.14. The van der Waals surface area contributed by atoms with Gasteiger partial charge in [-0.2, -0.15) is 0 Å². The third-order valence-corrected chi connectivity index (χ3v) is 3.32. The smallest absolute Gasteiger partial charge is 0.253 e. The first-order valence-corrected chi connectivity index (χ1v) is 8.17. The molecule has 0 saturated heterocycles. The first kappa shape index (κ1) is 19.6. The number of anilines is 1. The van der Waals surface area contributed by atoms with E-state index in [9.17, 15) is 14.4 Å². The molecular formula is C17H26N4O3. The predicted molar refractivity (Wildman–Crippen MR) is 93.6 cm³/mol. The first-order valence-electron chi connectivity index (χ1n) is 8.17. The van der Waals surface area contributed by atoms with E-state index >= 15 is 0 Å². The maximum Gasteiger partial charge on any atom is 0.253 e. The fraction of sp³-hybridized carbons (Fsp3) is 0.471. The number of benzene rings is 1. The van der Waals surface area contributed by atoms with E-state index in [4.69, 9.17) is 5.73 Å². The molecule has 0 unspecified atom stereocenters. The molecule has 132 valence electrons. The molecule has 0 aliphatic rings. The quantitative estimate of drug-likeness (QED) is 0.625. The van der Waals surface area contributed by atoms with Crippen molar-refractivity contribution >= 4 is 23.4 Å². The van der Waals surface area contributed by atoms with Crippen LogP contribution in [0.4, 0.5) is 5.69 Å². The van der Waals surface area contributed by atoms with E-state index in [0.29, 0.717) is 11.3 Å². The number of hydrogen-bond donors (Lipinski definition) is 3. The third kappa shape index (κ3) is 6.37. The van der Waals surface area contributed by atoms with E-state index in [-0.39, 0.29) is 24.9 Å². The third-order valence-electron chi connectivity index (χ3n) is 3.32. The van der Waals surface area contributed by atoms with Crippen molar-refractivity contribution in [1.82, 2.24) is 10.2 Å². The standard InChI is InChI=1S/C17H26N4O3/c1-3-9-21(10-4-2)17(24)13-5-7-14(8-6-13)20-16(23)12-19-15(22)11-18/h5-8H,3-4,9-12,18H2,1-2H3,(H,19,22)(H,20,23). The summed E-state index contributed by atoms with van der Waals surface area (Å²) in [5.41, 5.74) is 6.30. The van der Waals surface area contributed by atoms with Gasteiger partial charge >= 0.3 is 0 Å². The van der Waals surface area contributed by atoms with Crippen LogP contribution in [-0.2, 0) is 9.59 Å². The van der Waals surface area contributed by atoms with Gasteiger partial charge in [0.25, 0.3) is 5.91 Å². The lowest BCUT2D eigenvalue weighted by atomic mass is 10.1. The van der Waals surface area contributed by atoms with Gasteiger partial charge in [0.2, 0.25) is 11.8 Å². The molecule has 0 radical (unpaired) electrons. The average molecular weight is 334 g/mol. The summed E-state index contributed by atoms with van der Waals surface area (Å²) in [6, 6.07) is 6.72. The largest absolute Gasteiger partial charge is 0.346 e. The molecule has 0 spiro atoms. The van der Waals surface area contributed by atoms with E-state index in [0.717, 1.165) is 25.9 Å². The maximum atomic E-state index is 12.4. The molecule has 4 N–H and O–H groups in total. The van der Waals surface area contributed by atoms with E-state index < -0.39 is 5.91 Å². The number of hydrogen-bond acceptors (Lipinski definition) is 4. The Morgan fingerprint density at radius 3 is 2.08 bits per heavy atom. The van der Waals surface area contributed by atoms with Gasteiger partial charge in [0.1, 0.15) is 0 Å². The van der Waals surface area contributed by atoms with Crippen molar-refractivity contribution in [1.29, 1.82) is 0 Å². The molecule has 0 fully saturated rings. The van der Waals surface area contributed by atoms with Crippen LogP contribution in [0, 0.1) is 0 Å². The lowest BCUT2D eigenvalue weighted by Crippen LogP contribution is -2.36. The molecule has 7 heteroatoms. The summed E-state index contributed by atoms with van der Waals surface area (Å²) in [5.74, 6) is -0.751. The summed E-state index contributed by atoms with van der Waals surface area (Å²) < 4.78 is 0. The summed E-state index contributed by atoms with van der Waals surface area (Å²) in [4.78, 5) is 37.0. The second kappa shape index (κ2) is 10.4. The molecule has 1 aromatic carbocycles. The molecule has 0 heterocycles. The van der Waals surface area contributed by atoms with Gasteiger partial charge in [-0.15, -0.1) is 0 Å². The van der Waals surface area contributed by atoms with E-state index in [2.05, 4.69) is 10.6 Å². The predicted octanol–water partition coefficient (Wildman–Crippen LogP) is 0.962. The second-order valence-electron chi connectivity index (χ2n) is 5.40. The van der Waals surface area contributed by atoms with Crippen molar-refractivity contribution in [3.63, 3.8) is 0 Å². The Bertz CT molecular complexity index is 551. The van der Waals surface area contributed by atoms with Crippen molar-refractivity contribution in [2.24, 2.45) is 5.73 Å². The van der Waals surface area contributed by atoms with Crippen molar-refractivity contribution in [3.8, 4) is 0 Å². The molecule has 24 heavy (non-hydrogen) atoms. The van der Waals surface area contributed by atoms with Gasteiger partial charge in [0.05, 0.1) is 13.1 Å². The van der Waals surface area contributed by atoms with Crippen LogP contribution in [0.2, 0.25) is 0 Å². The molecule has 1 rings (SSSR count). The SMILES string of the molecule is CCCN(CCC)C(=O)c1ccc(NC(=O)CNC(=O)CN)cc1. The minimum absolute atomic E-state index is 0.00761. The van der Waals surface area contributed by atoms with Crippen LogP contribution in [0.25, 0.3) is 0 Å². The molecule has 3 amide bonds. The Morgan fingerprint density at radius 2 is 1.58 bits per heavy atom. The molecule has 0 aromatic heterocycles. The lowest BCUT2D eigenvalue weighted by Gasteiger charge is -2.21. The fourth-order valence-electron chi connectivity index (χ4n) is 2.19. The molecule has 1 aromatic rings. The highest BCUT2D eigenvalue weighted by molar-refractivity contribution is 5.97. The van der Waals surface area contributed by atoms with Gasteiger partial charge in [0, 0.05) is 24.3 Å². The minimum Gasteiger partial charge on any atom is -0.346 e. The van der Waals surface area contributed by atoms with Gasteiger partial charge in [-0.25, -0.2) is 0 Å². The lowest BCUT2D eigenvalue weighted by molar-refractivity contribution is -0.123. The van der Waals surface area contributed by atoms with Gasteiger partial charge in [0.15, 0.2) is 0 Å². The molecule has 0 saturated carbocycles. The van der Waals surface area contributed by atoms with E-state index in [1.54, 1.807) is 24.3 Å². The summed E-state index contributed by atoms with van der Waals surface area (Å²) in [5, 5.41) is 5.04. The zero-order valence-electron chi connectivity index (χ0n) is 14.3. The van der Waals surface area contributed by atoms with E-state index in [1.165, 1.54) is 0 Å². The van der Waals surface area contributed by atoms with Crippen LogP contribution in [-0.4, -0.2) is 48.8 Å². The van der Waals surface area contributed by atoms with Gasteiger partial charge in [-0.3, -0.25) is 14.4 Å².